The van der Waals surface area contributed by atoms with Crippen molar-refractivity contribution in [3.63, 3.8) is 0 Å². The third-order valence-corrected chi connectivity index (χ3v) is 8.38. The molecular weight excluding hydrogens is 390 g/mol. The van der Waals surface area contributed by atoms with Gasteiger partial charge < -0.3 is 15.4 Å². The van der Waals surface area contributed by atoms with Gasteiger partial charge in [0.15, 0.2) is 0 Å². The van der Waals surface area contributed by atoms with E-state index in [-0.39, 0.29) is 5.91 Å². The van der Waals surface area contributed by atoms with E-state index in [0.29, 0.717) is 35.4 Å². The highest BCUT2D eigenvalue weighted by Crippen LogP contribution is 2.56. The lowest BCUT2D eigenvalue weighted by Gasteiger charge is -2.58. The Balaban J connectivity index is 1.26. The summed E-state index contributed by atoms with van der Waals surface area (Å²) in [6, 6.07) is 2.65. The van der Waals surface area contributed by atoms with Crippen LogP contribution in [0.25, 0.3) is 11.0 Å². The van der Waals surface area contributed by atoms with Crippen molar-refractivity contribution < 1.29 is 9.90 Å². The van der Waals surface area contributed by atoms with E-state index in [1.807, 2.05) is 12.3 Å². The molecule has 3 unspecified atom stereocenters. The zero-order valence-electron chi connectivity index (χ0n) is 18.0. The topological polar surface area (TPSA) is 102 Å². The number of amides is 1. The lowest BCUT2D eigenvalue weighted by Crippen LogP contribution is -2.59. The zero-order chi connectivity index (χ0) is 21.0. The minimum atomic E-state index is -0.458. The third-order valence-electron chi connectivity index (χ3n) is 8.38. The smallest absolute Gasteiger partial charge is 0.269 e. The van der Waals surface area contributed by atoms with Crippen LogP contribution in [-0.2, 0) is 0 Å². The van der Waals surface area contributed by atoms with Gasteiger partial charge in [-0.3, -0.25) is 10.2 Å². The molecule has 5 N–H and O–H groups in total. The first-order valence-electron chi connectivity index (χ1n) is 12.1. The molecule has 0 radical (unpaired) electrons. The summed E-state index contributed by atoms with van der Waals surface area (Å²) in [7, 11) is 0. The number of fused-ring (bicyclic) bond motifs is 1. The number of aliphatic hydroxyl groups is 1. The third kappa shape index (κ3) is 3.52. The lowest BCUT2D eigenvalue weighted by atomic mass is 9.52. The van der Waals surface area contributed by atoms with Crippen LogP contribution in [0.2, 0.25) is 0 Å². The Morgan fingerprint density at radius 1 is 1.13 bits per heavy atom. The number of H-pyrrole nitrogens is 1. The van der Waals surface area contributed by atoms with E-state index in [2.05, 4.69) is 26.1 Å². The summed E-state index contributed by atoms with van der Waals surface area (Å²) >= 11 is 0. The van der Waals surface area contributed by atoms with Crippen LogP contribution in [0.4, 0.5) is 5.69 Å². The standard InChI is InChI=1S/C24H33N5O2/c30-23(29-28-17-4-2-1-3-5-17)19-13-26-22-18(6-7-25-22)21(19)27-20-15-8-14-9-16(20)12-24(31,10-14)11-15/h6-7,13-17,20,28,31H,1-5,8-12H2,(H,29,30)(H2,25,26,27)/t14?,15-,16+,20?,24?. The van der Waals surface area contributed by atoms with Gasteiger partial charge in [0.05, 0.1) is 16.9 Å². The Hall–Kier alpha value is -2.12. The van der Waals surface area contributed by atoms with Crippen molar-refractivity contribution in [1.82, 2.24) is 20.8 Å². The number of aromatic amines is 1. The van der Waals surface area contributed by atoms with E-state index >= 15 is 0 Å². The fourth-order valence-corrected chi connectivity index (χ4v) is 7.20. The average molecular weight is 424 g/mol. The van der Waals surface area contributed by atoms with Crippen molar-refractivity contribution in [2.45, 2.75) is 81.9 Å². The van der Waals surface area contributed by atoms with Gasteiger partial charge in [-0.05, 0) is 68.8 Å². The second-order valence-electron chi connectivity index (χ2n) is 10.6. The van der Waals surface area contributed by atoms with E-state index in [0.717, 1.165) is 48.8 Å². The highest BCUT2D eigenvalue weighted by molar-refractivity contribution is 6.06. The van der Waals surface area contributed by atoms with E-state index in [4.69, 9.17) is 0 Å². The number of pyridine rings is 1. The highest BCUT2D eigenvalue weighted by Gasteiger charge is 2.54. The molecule has 0 aliphatic heterocycles. The molecule has 31 heavy (non-hydrogen) atoms. The molecule has 2 heterocycles. The highest BCUT2D eigenvalue weighted by atomic mass is 16.3. The largest absolute Gasteiger partial charge is 0.390 e. The van der Waals surface area contributed by atoms with Crippen LogP contribution in [0.1, 0.15) is 74.6 Å². The number of aromatic nitrogens is 2. The molecule has 5 aliphatic rings. The molecular formula is C24H33N5O2. The summed E-state index contributed by atoms with van der Waals surface area (Å²) in [4.78, 5) is 20.8. The second-order valence-corrected chi connectivity index (χ2v) is 10.6. The average Bonchev–Trinajstić information content (AvgIpc) is 3.23. The van der Waals surface area contributed by atoms with Gasteiger partial charge in [0.1, 0.15) is 5.65 Å². The first kappa shape index (κ1) is 19.6. The maximum atomic E-state index is 13.2. The van der Waals surface area contributed by atoms with Gasteiger partial charge in [0.25, 0.3) is 5.91 Å². The van der Waals surface area contributed by atoms with Crippen molar-refractivity contribution in [1.29, 1.82) is 0 Å². The molecule has 1 amide bonds. The fourth-order valence-electron chi connectivity index (χ4n) is 7.20. The van der Waals surface area contributed by atoms with Crippen LogP contribution in [-0.4, -0.2) is 38.7 Å². The number of hydrogen-bond donors (Lipinski definition) is 5. The van der Waals surface area contributed by atoms with Gasteiger partial charge in [0.2, 0.25) is 0 Å². The molecule has 7 nitrogen and oxygen atoms in total. The Morgan fingerprint density at radius 3 is 2.65 bits per heavy atom. The number of carbonyl (C=O) groups is 1. The number of nitrogens with zero attached hydrogens (tertiary/aromatic N) is 1. The molecule has 5 aliphatic carbocycles. The SMILES string of the molecule is O=C(NNC1CCCCC1)c1cnc2[nH]ccc2c1NC1[C@@H]2CC3C[C@H]1CC(O)(C3)C2. The minimum absolute atomic E-state index is 0.133. The quantitative estimate of drug-likeness (QED) is 0.474. The lowest BCUT2D eigenvalue weighted by molar-refractivity contribution is -0.129. The van der Waals surface area contributed by atoms with Crippen molar-refractivity contribution in [3.8, 4) is 0 Å². The predicted molar refractivity (Wildman–Crippen MR) is 119 cm³/mol. The molecule has 0 aromatic carbocycles. The van der Waals surface area contributed by atoms with Crippen LogP contribution < -0.4 is 16.2 Å². The first-order valence-corrected chi connectivity index (χ1v) is 12.1. The Kier molecular flexibility index (Phi) is 4.72. The number of carbonyl (C=O) groups excluding carboxylic acids is 1. The molecule has 4 bridgehead atoms. The maximum absolute atomic E-state index is 13.2. The number of anilines is 1. The monoisotopic (exact) mass is 423 g/mol. The van der Waals surface area contributed by atoms with Gasteiger partial charge in [-0.2, -0.15) is 0 Å². The molecule has 0 spiro atoms. The minimum Gasteiger partial charge on any atom is -0.390 e. The maximum Gasteiger partial charge on any atom is 0.269 e. The Labute approximate surface area is 182 Å². The molecule has 5 saturated carbocycles. The fraction of sp³-hybridized carbons (Fsp3) is 0.667. The molecule has 2 aromatic heterocycles. The van der Waals surface area contributed by atoms with Gasteiger partial charge in [-0.1, -0.05) is 19.3 Å². The summed E-state index contributed by atoms with van der Waals surface area (Å²) in [6.07, 6.45) is 14.6. The Morgan fingerprint density at radius 2 is 1.90 bits per heavy atom. The molecule has 0 saturated heterocycles. The predicted octanol–water partition coefficient (Wildman–Crippen LogP) is 3.48. The van der Waals surface area contributed by atoms with Gasteiger partial charge in [-0.25, -0.2) is 10.4 Å². The normalized spacial score (nSPS) is 34.9. The Bertz CT molecular complexity index is 966. The van der Waals surface area contributed by atoms with Crippen LogP contribution >= 0.6 is 0 Å². The summed E-state index contributed by atoms with van der Waals surface area (Å²) < 4.78 is 0. The van der Waals surface area contributed by atoms with Gasteiger partial charge >= 0.3 is 0 Å². The molecule has 166 valence electrons. The van der Waals surface area contributed by atoms with Crippen LogP contribution in [0.5, 0.6) is 0 Å². The van der Waals surface area contributed by atoms with Crippen LogP contribution in [0, 0.1) is 17.8 Å². The number of hydrazine groups is 1. The first-order chi connectivity index (χ1) is 15.1. The molecule has 5 fully saturated rings. The van der Waals surface area contributed by atoms with Gasteiger partial charge in [0, 0.05) is 29.9 Å². The van der Waals surface area contributed by atoms with E-state index in [1.54, 1.807) is 6.20 Å². The van der Waals surface area contributed by atoms with E-state index in [9.17, 15) is 9.90 Å². The molecule has 5 atom stereocenters. The van der Waals surface area contributed by atoms with Gasteiger partial charge in [-0.15, -0.1) is 0 Å². The summed E-state index contributed by atoms with van der Waals surface area (Å²) in [5.41, 5.74) is 8.00. The summed E-state index contributed by atoms with van der Waals surface area (Å²) in [5, 5.41) is 15.7. The molecule has 7 rings (SSSR count). The number of rotatable bonds is 5. The molecule has 2 aromatic rings. The van der Waals surface area contributed by atoms with E-state index < -0.39 is 5.60 Å². The van der Waals surface area contributed by atoms with Crippen molar-refractivity contribution in [3.05, 3.63) is 24.0 Å². The molecule has 7 heteroatoms. The van der Waals surface area contributed by atoms with Crippen LogP contribution in [0.3, 0.4) is 0 Å². The number of hydrogen-bond acceptors (Lipinski definition) is 5. The summed E-state index contributed by atoms with van der Waals surface area (Å²) in [6.45, 7) is 0. The van der Waals surface area contributed by atoms with E-state index in [1.165, 1.54) is 32.1 Å². The second kappa shape index (κ2) is 7.48. The van der Waals surface area contributed by atoms with Crippen molar-refractivity contribution in [2.75, 3.05) is 5.32 Å². The summed E-state index contributed by atoms with van der Waals surface area (Å²) in [5.74, 6) is 1.46. The van der Waals surface area contributed by atoms with Crippen molar-refractivity contribution >= 4 is 22.6 Å². The zero-order valence-corrected chi connectivity index (χ0v) is 18.0. The van der Waals surface area contributed by atoms with Crippen LogP contribution in [0.15, 0.2) is 18.5 Å². The number of nitrogens with one attached hydrogen (secondary N) is 4. The van der Waals surface area contributed by atoms with Crippen molar-refractivity contribution in [2.24, 2.45) is 17.8 Å².